The zero-order valence-electron chi connectivity index (χ0n) is 18.1. The molecule has 1 aromatic heterocycles. The van der Waals surface area contributed by atoms with Crippen molar-refractivity contribution in [3.8, 4) is 0 Å². The Morgan fingerprint density at radius 2 is 1.88 bits per heavy atom. The summed E-state index contributed by atoms with van der Waals surface area (Å²) in [7, 11) is 0. The molecule has 1 aliphatic heterocycles. The van der Waals surface area contributed by atoms with Crippen molar-refractivity contribution in [1.82, 2.24) is 9.88 Å². The summed E-state index contributed by atoms with van der Waals surface area (Å²) in [5, 5.41) is 5.16. The first-order chi connectivity index (χ1) is 15.5. The number of carbonyl (C=O) groups excluding carboxylic acids is 1. The van der Waals surface area contributed by atoms with Crippen LogP contribution in [0.4, 0.5) is 10.1 Å². The average molecular weight is 452 g/mol. The second kappa shape index (κ2) is 8.80. The van der Waals surface area contributed by atoms with Gasteiger partial charge in [0.25, 0.3) is 0 Å². The molecular formula is C26H27ClFN3O. The molecule has 0 radical (unpaired) electrons. The summed E-state index contributed by atoms with van der Waals surface area (Å²) in [6.07, 6.45) is 4.35. The lowest BCUT2D eigenvalue weighted by Crippen LogP contribution is -2.39. The molecule has 0 bridgehead atoms. The van der Waals surface area contributed by atoms with E-state index in [0.717, 1.165) is 48.1 Å². The number of nitrogens with zero attached hydrogens (tertiary/aromatic N) is 2. The van der Waals surface area contributed by atoms with Crippen LogP contribution in [0.5, 0.6) is 0 Å². The van der Waals surface area contributed by atoms with Gasteiger partial charge in [0.15, 0.2) is 5.78 Å². The van der Waals surface area contributed by atoms with Crippen LogP contribution in [0.25, 0.3) is 10.9 Å². The third-order valence-corrected chi connectivity index (χ3v) is 7.40. The SMILES string of the molecule is CC(C(=O)Cc1ccc(Cl)cc1)N1CC2CC(Nc3ccnc4ccc(F)cc34)CC2C1. The lowest BCUT2D eigenvalue weighted by molar-refractivity contribution is -0.122. The van der Waals surface area contributed by atoms with Crippen molar-refractivity contribution in [3.05, 3.63) is 71.1 Å². The molecule has 2 aliphatic rings. The zero-order valence-corrected chi connectivity index (χ0v) is 18.9. The number of ketones is 1. The van der Waals surface area contributed by atoms with Crippen molar-refractivity contribution in [1.29, 1.82) is 0 Å². The number of fused-ring (bicyclic) bond motifs is 2. The summed E-state index contributed by atoms with van der Waals surface area (Å²) in [5.74, 6) is 1.18. The van der Waals surface area contributed by atoms with Crippen molar-refractivity contribution >= 4 is 34.0 Å². The van der Waals surface area contributed by atoms with E-state index < -0.39 is 0 Å². The predicted octanol–water partition coefficient (Wildman–Crippen LogP) is 5.35. The Morgan fingerprint density at radius 1 is 1.16 bits per heavy atom. The van der Waals surface area contributed by atoms with Crippen molar-refractivity contribution in [2.24, 2.45) is 11.8 Å². The Bertz CT molecular complexity index is 1120. The molecule has 2 aromatic carbocycles. The minimum atomic E-state index is -0.246. The average Bonchev–Trinajstić information content (AvgIpc) is 3.34. The molecule has 1 aliphatic carbocycles. The molecule has 2 fully saturated rings. The molecule has 1 saturated heterocycles. The molecule has 0 amide bonds. The van der Waals surface area contributed by atoms with E-state index in [2.05, 4.69) is 15.2 Å². The monoisotopic (exact) mass is 451 g/mol. The van der Waals surface area contributed by atoms with Gasteiger partial charge in [-0.15, -0.1) is 0 Å². The van der Waals surface area contributed by atoms with Gasteiger partial charge in [0, 0.05) is 47.8 Å². The highest BCUT2D eigenvalue weighted by Crippen LogP contribution is 2.40. The molecule has 3 aromatic rings. The molecular weight excluding hydrogens is 425 g/mol. The quantitative estimate of drug-likeness (QED) is 0.548. The maximum Gasteiger partial charge on any atom is 0.154 e. The first kappa shape index (κ1) is 21.4. The second-order valence-corrected chi connectivity index (χ2v) is 9.69. The van der Waals surface area contributed by atoms with Crippen LogP contribution in [0, 0.1) is 17.7 Å². The molecule has 1 N–H and O–H groups in total. The summed E-state index contributed by atoms with van der Waals surface area (Å²) >= 11 is 5.95. The number of aromatic nitrogens is 1. The van der Waals surface area contributed by atoms with E-state index >= 15 is 0 Å². The highest BCUT2D eigenvalue weighted by molar-refractivity contribution is 6.30. The molecule has 3 atom stereocenters. The smallest absolute Gasteiger partial charge is 0.154 e. The molecule has 2 heterocycles. The maximum absolute atomic E-state index is 13.8. The normalized spacial score (nSPS) is 23.9. The fourth-order valence-corrected chi connectivity index (χ4v) is 5.52. The van der Waals surface area contributed by atoms with Crippen LogP contribution in [0.15, 0.2) is 54.7 Å². The van der Waals surface area contributed by atoms with Crippen molar-refractivity contribution in [3.63, 3.8) is 0 Å². The third kappa shape index (κ3) is 4.37. The Morgan fingerprint density at radius 3 is 2.59 bits per heavy atom. The molecule has 5 rings (SSSR count). The fourth-order valence-electron chi connectivity index (χ4n) is 5.39. The van der Waals surface area contributed by atoms with E-state index in [1.54, 1.807) is 18.3 Å². The first-order valence-corrected chi connectivity index (χ1v) is 11.7. The minimum Gasteiger partial charge on any atom is -0.382 e. The maximum atomic E-state index is 13.8. The summed E-state index contributed by atoms with van der Waals surface area (Å²) in [4.78, 5) is 19.5. The van der Waals surface area contributed by atoms with Gasteiger partial charge in [-0.2, -0.15) is 0 Å². The van der Waals surface area contributed by atoms with Crippen LogP contribution in [0.3, 0.4) is 0 Å². The Hall–Kier alpha value is -2.50. The highest BCUT2D eigenvalue weighted by atomic mass is 35.5. The summed E-state index contributed by atoms with van der Waals surface area (Å²) in [6, 6.07) is 14.5. The van der Waals surface area contributed by atoms with E-state index in [-0.39, 0.29) is 17.6 Å². The molecule has 4 nitrogen and oxygen atoms in total. The van der Waals surface area contributed by atoms with Gasteiger partial charge >= 0.3 is 0 Å². The Balaban J connectivity index is 1.19. The topological polar surface area (TPSA) is 45.2 Å². The number of rotatable bonds is 6. The van der Waals surface area contributed by atoms with Crippen molar-refractivity contribution in [2.75, 3.05) is 18.4 Å². The molecule has 32 heavy (non-hydrogen) atoms. The molecule has 0 spiro atoms. The number of nitrogens with one attached hydrogen (secondary N) is 1. The van der Waals surface area contributed by atoms with Crippen molar-refractivity contribution < 1.29 is 9.18 Å². The van der Waals surface area contributed by atoms with Crippen LogP contribution in [0.1, 0.15) is 25.3 Å². The van der Waals surface area contributed by atoms with E-state index in [4.69, 9.17) is 11.6 Å². The third-order valence-electron chi connectivity index (χ3n) is 7.15. The number of carbonyl (C=O) groups is 1. The molecule has 166 valence electrons. The number of halogens is 2. The Kier molecular flexibility index (Phi) is 5.87. The van der Waals surface area contributed by atoms with Crippen LogP contribution < -0.4 is 5.32 Å². The first-order valence-electron chi connectivity index (χ1n) is 11.3. The Labute approximate surface area is 192 Å². The van der Waals surface area contributed by atoms with E-state index in [9.17, 15) is 9.18 Å². The van der Waals surface area contributed by atoms with Crippen LogP contribution in [-0.2, 0) is 11.2 Å². The van der Waals surface area contributed by atoms with Gasteiger partial charge in [0.05, 0.1) is 11.6 Å². The number of likely N-dealkylation sites (tertiary alicyclic amines) is 1. The van der Waals surface area contributed by atoms with Gasteiger partial charge in [0.2, 0.25) is 0 Å². The summed E-state index contributed by atoms with van der Waals surface area (Å²) < 4.78 is 13.8. The zero-order chi connectivity index (χ0) is 22.2. The van der Waals surface area contributed by atoms with Crippen LogP contribution in [0.2, 0.25) is 5.02 Å². The molecule has 3 unspecified atom stereocenters. The van der Waals surface area contributed by atoms with Crippen molar-refractivity contribution in [2.45, 2.75) is 38.3 Å². The number of anilines is 1. The predicted molar refractivity (Wildman–Crippen MR) is 127 cm³/mol. The lowest BCUT2D eigenvalue weighted by Gasteiger charge is -2.25. The van der Waals surface area contributed by atoms with E-state index in [0.29, 0.717) is 29.3 Å². The van der Waals surface area contributed by atoms with Crippen LogP contribution >= 0.6 is 11.6 Å². The fraction of sp³-hybridized carbons (Fsp3) is 0.385. The number of Topliss-reactive ketones (excluding diaryl/α,β-unsaturated/α-hetero) is 1. The van der Waals surface area contributed by atoms with E-state index in [1.807, 2.05) is 37.3 Å². The number of hydrogen-bond donors (Lipinski definition) is 1. The second-order valence-electron chi connectivity index (χ2n) is 9.25. The standard InChI is InChI=1S/C26H27ClFN3O/c1-16(26(32)10-17-2-4-20(27)5-3-17)31-14-18-11-22(12-19(18)15-31)30-25-8-9-29-24-7-6-21(28)13-23(24)25/h2-9,13,16,18-19,22H,10-12,14-15H2,1H3,(H,29,30). The largest absolute Gasteiger partial charge is 0.382 e. The number of pyridine rings is 1. The molecule has 1 saturated carbocycles. The van der Waals surface area contributed by atoms with Gasteiger partial charge in [0.1, 0.15) is 5.82 Å². The van der Waals surface area contributed by atoms with Gasteiger partial charge in [-0.3, -0.25) is 14.7 Å². The van der Waals surface area contributed by atoms with Gasteiger partial charge < -0.3 is 5.32 Å². The van der Waals surface area contributed by atoms with Gasteiger partial charge in [-0.25, -0.2) is 4.39 Å². The van der Waals surface area contributed by atoms with Crippen LogP contribution in [-0.4, -0.2) is 40.8 Å². The summed E-state index contributed by atoms with van der Waals surface area (Å²) in [5.41, 5.74) is 2.76. The minimum absolute atomic E-state index is 0.0743. The lowest BCUT2D eigenvalue weighted by atomic mass is 10.0. The number of hydrogen-bond acceptors (Lipinski definition) is 4. The van der Waals surface area contributed by atoms with E-state index in [1.165, 1.54) is 6.07 Å². The molecule has 6 heteroatoms. The number of benzene rings is 2. The van der Waals surface area contributed by atoms with Gasteiger partial charge in [-0.1, -0.05) is 23.7 Å². The van der Waals surface area contributed by atoms with Gasteiger partial charge in [-0.05, 0) is 73.6 Å². The summed E-state index contributed by atoms with van der Waals surface area (Å²) in [6.45, 7) is 3.96. The highest BCUT2D eigenvalue weighted by Gasteiger charge is 2.43.